The van der Waals surface area contributed by atoms with Crippen molar-refractivity contribution in [3.05, 3.63) is 113 Å². The minimum Gasteiger partial charge on any atom is -0.503 e. The lowest BCUT2D eigenvalue weighted by Gasteiger charge is -2.37. The van der Waals surface area contributed by atoms with E-state index in [2.05, 4.69) is 0 Å². The number of amides is 1. The van der Waals surface area contributed by atoms with Gasteiger partial charge in [-0.3, -0.25) is 9.59 Å². The third-order valence-electron chi connectivity index (χ3n) is 6.89. The first-order valence-electron chi connectivity index (χ1n) is 12.0. The molecule has 1 atom stereocenters. The number of ether oxygens (including phenoxy) is 3. The van der Waals surface area contributed by atoms with Gasteiger partial charge < -0.3 is 24.2 Å². The lowest BCUT2D eigenvalue weighted by atomic mass is 9.81. The number of aliphatic hydroxyl groups excluding tert-OH is 1. The molecular formula is C31H27NO6. The van der Waals surface area contributed by atoms with Crippen LogP contribution in [-0.2, 0) is 16.9 Å². The van der Waals surface area contributed by atoms with Gasteiger partial charge in [0.15, 0.2) is 28.6 Å². The Kier molecular flexibility index (Phi) is 6.51. The molecule has 192 valence electrons. The molecule has 0 aromatic heterocycles. The van der Waals surface area contributed by atoms with E-state index in [4.69, 9.17) is 14.2 Å². The highest BCUT2D eigenvalue weighted by molar-refractivity contribution is 6.12. The predicted molar refractivity (Wildman–Crippen MR) is 144 cm³/mol. The zero-order chi connectivity index (χ0) is 26.9. The lowest BCUT2D eigenvalue weighted by molar-refractivity contribution is -0.131. The number of nitrogens with zero attached hydrogens (tertiary/aromatic N) is 1. The number of ketones is 1. The van der Waals surface area contributed by atoms with Gasteiger partial charge in [-0.25, -0.2) is 0 Å². The highest BCUT2D eigenvalue weighted by atomic mass is 16.5. The molecule has 0 radical (unpaired) electrons. The molecule has 7 nitrogen and oxygen atoms in total. The molecule has 1 aliphatic rings. The van der Waals surface area contributed by atoms with Gasteiger partial charge in [-0.15, -0.1) is 0 Å². The first kappa shape index (κ1) is 24.9. The van der Waals surface area contributed by atoms with Gasteiger partial charge in [-0.05, 0) is 52.2 Å². The number of methoxy groups -OCH3 is 3. The van der Waals surface area contributed by atoms with Crippen LogP contribution < -0.4 is 14.2 Å². The Balaban J connectivity index is 1.72. The van der Waals surface area contributed by atoms with Crippen LogP contribution in [-0.4, -0.2) is 43.0 Å². The first-order valence-corrected chi connectivity index (χ1v) is 12.0. The van der Waals surface area contributed by atoms with Crippen LogP contribution in [0.2, 0.25) is 0 Å². The first-order chi connectivity index (χ1) is 18.4. The Bertz CT molecular complexity index is 1580. The summed E-state index contributed by atoms with van der Waals surface area (Å²) in [6.45, 7) is 0.0459. The zero-order valence-corrected chi connectivity index (χ0v) is 21.3. The minimum atomic E-state index is -1.65. The maximum absolute atomic E-state index is 14.5. The largest absolute Gasteiger partial charge is 0.503 e. The van der Waals surface area contributed by atoms with Crippen LogP contribution in [0, 0.1) is 0 Å². The summed E-state index contributed by atoms with van der Waals surface area (Å²) in [6.07, 6.45) is 1.33. The molecule has 0 aliphatic carbocycles. The van der Waals surface area contributed by atoms with Crippen molar-refractivity contribution in [1.82, 2.24) is 4.90 Å². The number of aliphatic hydroxyl groups is 1. The van der Waals surface area contributed by atoms with Gasteiger partial charge in [-0.1, -0.05) is 54.6 Å². The highest BCUT2D eigenvalue weighted by Crippen LogP contribution is 2.44. The van der Waals surface area contributed by atoms with E-state index in [0.29, 0.717) is 28.4 Å². The Morgan fingerprint density at radius 2 is 1.58 bits per heavy atom. The topological polar surface area (TPSA) is 85.3 Å². The number of Topliss-reactive ketones (excluding diaryl/α,β-unsaturated/α-hetero) is 1. The van der Waals surface area contributed by atoms with E-state index < -0.39 is 17.2 Å². The summed E-state index contributed by atoms with van der Waals surface area (Å²) in [5, 5.41) is 12.6. The van der Waals surface area contributed by atoms with Crippen molar-refractivity contribution in [2.24, 2.45) is 0 Å². The molecule has 7 heteroatoms. The van der Waals surface area contributed by atoms with E-state index in [0.717, 1.165) is 16.3 Å². The van der Waals surface area contributed by atoms with Crippen molar-refractivity contribution < 1.29 is 28.9 Å². The monoisotopic (exact) mass is 509 g/mol. The van der Waals surface area contributed by atoms with Gasteiger partial charge >= 0.3 is 0 Å². The molecule has 0 bridgehead atoms. The van der Waals surface area contributed by atoms with Gasteiger partial charge in [0.05, 0.1) is 21.3 Å². The zero-order valence-electron chi connectivity index (χ0n) is 21.3. The summed E-state index contributed by atoms with van der Waals surface area (Å²) < 4.78 is 16.3. The van der Waals surface area contributed by atoms with Crippen LogP contribution in [0.5, 0.6) is 17.2 Å². The van der Waals surface area contributed by atoms with E-state index in [1.54, 1.807) is 49.6 Å². The van der Waals surface area contributed by atoms with Crippen molar-refractivity contribution in [2.75, 3.05) is 21.3 Å². The van der Waals surface area contributed by atoms with Crippen LogP contribution in [0.4, 0.5) is 0 Å². The number of rotatable bonds is 8. The fraction of sp³-hybridized carbons (Fsp3) is 0.161. The molecule has 0 saturated heterocycles. The van der Waals surface area contributed by atoms with Gasteiger partial charge in [0.2, 0.25) is 0 Å². The summed E-state index contributed by atoms with van der Waals surface area (Å²) in [5.41, 5.74) is -0.0647. The normalized spacial score (nSPS) is 16.9. The number of benzene rings is 4. The standard InChI is InChI=1S/C31H27NO6/c1-36-25-10-6-7-20(15-25)19-32-30(35)26(33)18-31(32,24-13-14-27(37-2)28(17-24)38-3)29(34)23-12-11-21-8-4-5-9-22(21)16-23/h4-18,33H,19H2,1-3H3. The molecule has 1 heterocycles. The average Bonchev–Trinajstić information content (AvgIpc) is 3.21. The van der Waals surface area contributed by atoms with Gasteiger partial charge in [0, 0.05) is 18.2 Å². The van der Waals surface area contributed by atoms with Crippen LogP contribution in [0.1, 0.15) is 21.5 Å². The highest BCUT2D eigenvalue weighted by Gasteiger charge is 2.52. The second kappa shape index (κ2) is 9.94. The molecule has 1 amide bonds. The van der Waals surface area contributed by atoms with E-state index in [9.17, 15) is 14.7 Å². The SMILES string of the molecule is COc1cccc(CN2C(=O)C(O)=CC2(C(=O)c2ccc3ccccc3c2)c2ccc(OC)c(OC)c2)c1. The Hall–Kier alpha value is -4.78. The molecule has 38 heavy (non-hydrogen) atoms. The van der Waals surface area contributed by atoms with Crippen molar-refractivity contribution >= 4 is 22.5 Å². The smallest absolute Gasteiger partial charge is 0.290 e. The molecule has 4 aromatic carbocycles. The number of carbonyl (C=O) groups is 2. The number of hydrogen-bond acceptors (Lipinski definition) is 6. The van der Waals surface area contributed by atoms with Crippen molar-refractivity contribution in [3.63, 3.8) is 0 Å². The van der Waals surface area contributed by atoms with E-state index in [1.165, 1.54) is 25.2 Å². The average molecular weight is 510 g/mol. The molecular weight excluding hydrogens is 482 g/mol. The summed E-state index contributed by atoms with van der Waals surface area (Å²) in [5.74, 6) is -0.0427. The molecule has 1 unspecified atom stereocenters. The quantitative estimate of drug-likeness (QED) is 0.319. The fourth-order valence-electron chi connectivity index (χ4n) is 4.97. The van der Waals surface area contributed by atoms with Crippen molar-refractivity contribution in [3.8, 4) is 17.2 Å². The van der Waals surface area contributed by atoms with Gasteiger partial charge in [-0.2, -0.15) is 0 Å². The maximum atomic E-state index is 14.5. The molecule has 1 N–H and O–H groups in total. The molecule has 1 aliphatic heterocycles. The van der Waals surface area contributed by atoms with E-state index in [1.807, 2.05) is 42.5 Å². The number of hydrogen-bond donors (Lipinski definition) is 1. The maximum Gasteiger partial charge on any atom is 0.290 e. The fourth-order valence-corrected chi connectivity index (χ4v) is 4.97. The van der Waals surface area contributed by atoms with Crippen LogP contribution in [0.15, 0.2) is 96.8 Å². The minimum absolute atomic E-state index is 0.0459. The molecule has 5 rings (SSSR count). The second-order valence-electron chi connectivity index (χ2n) is 9.00. The van der Waals surface area contributed by atoms with Crippen molar-refractivity contribution in [1.29, 1.82) is 0 Å². The third kappa shape index (κ3) is 4.12. The summed E-state index contributed by atoms with van der Waals surface area (Å²) >= 11 is 0. The van der Waals surface area contributed by atoms with Gasteiger partial charge in [0.25, 0.3) is 5.91 Å². The summed E-state index contributed by atoms with van der Waals surface area (Å²) in [4.78, 5) is 29.4. The molecule has 0 fully saturated rings. The van der Waals surface area contributed by atoms with E-state index in [-0.39, 0.29) is 12.3 Å². The van der Waals surface area contributed by atoms with E-state index >= 15 is 0 Å². The van der Waals surface area contributed by atoms with Crippen LogP contribution in [0.3, 0.4) is 0 Å². The molecule has 0 spiro atoms. The summed E-state index contributed by atoms with van der Waals surface area (Å²) in [7, 11) is 4.58. The molecule has 4 aromatic rings. The Labute approximate surface area is 220 Å². The van der Waals surface area contributed by atoms with Crippen LogP contribution >= 0.6 is 0 Å². The van der Waals surface area contributed by atoms with Crippen LogP contribution in [0.25, 0.3) is 10.8 Å². The number of fused-ring (bicyclic) bond motifs is 1. The molecule has 0 saturated carbocycles. The Morgan fingerprint density at radius 1 is 0.816 bits per heavy atom. The second-order valence-corrected chi connectivity index (χ2v) is 9.00. The lowest BCUT2D eigenvalue weighted by Crippen LogP contribution is -2.49. The Morgan fingerprint density at radius 3 is 2.32 bits per heavy atom. The summed E-state index contributed by atoms with van der Waals surface area (Å²) in [6, 6.07) is 25.4. The number of carbonyl (C=O) groups excluding carboxylic acids is 2. The predicted octanol–water partition coefficient (Wildman–Crippen LogP) is 5.43. The van der Waals surface area contributed by atoms with Gasteiger partial charge in [0.1, 0.15) is 5.75 Å². The third-order valence-corrected chi connectivity index (χ3v) is 6.89. The van der Waals surface area contributed by atoms with Crippen molar-refractivity contribution in [2.45, 2.75) is 12.1 Å².